The van der Waals surface area contributed by atoms with E-state index < -0.39 is 0 Å². The number of nitrogens with two attached hydrogens (primary N) is 1. The molecule has 18 heavy (non-hydrogen) atoms. The zero-order valence-corrected chi connectivity index (χ0v) is 11.7. The maximum atomic E-state index is 5.87. The topological polar surface area (TPSA) is 35.2 Å². The maximum absolute atomic E-state index is 5.87. The lowest BCUT2D eigenvalue weighted by Gasteiger charge is -2.07. The molecule has 0 bridgehead atoms. The fraction of sp³-hybridized carbons (Fsp3) is 0.200. The van der Waals surface area contributed by atoms with Crippen LogP contribution in [-0.4, -0.2) is 6.61 Å². The summed E-state index contributed by atoms with van der Waals surface area (Å²) in [6, 6.07) is 16.0. The Balaban J connectivity index is 1.78. The number of nitrogen functional groups attached to an aromatic ring is 1. The van der Waals surface area contributed by atoms with E-state index in [1.807, 2.05) is 36.4 Å². The van der Waals surface area contributed by atoms with Crippen molar-refractivity contribution < 1.29 is 4.74 Å². The first kappa shape index (κ1) is 13.1. The molecule has 0 fully saturated rings. The number of hydrogen-bond donors (Lipinski definition) is 1. The van der Waals surface area contributed by atoms with Gasteiger partial charge in [0.1, 0.15) is 0 Å². The fourth-order valence-electron chi connectivity index (χ4n) is 1.76. The molecule has 3 heteroatoms. The number of hydrogen-bond acceptors (Lipinski definition) is 2. The summed E-state index contributed by atoms with van der Waals surface area (Å²) >= 11 is 3.45. The minimum absolute atomic E-state index is 0.631. The minimum atomic E-state index is 0.631. The van der Waals surface area contributed by atoms with E-state index in [1.165, 1.54) is 5.56 Å². The second kappa shape index (κ2) is 6.57. The van der Waals surface area contributed by atoms with Gasteiger partial charge in [0.2, 0.25) is 0 Å². The second-order valence-corrected chi connectivity index (χ2v) is 5.05. The number of para-hydroxylation sites is 1. The largest absolute Gasteiger partial charge is 0.399 e. The predicted molar refractivity (Wildman–Crippen MR) is 78.4 cm³/mol. The van der Waals surface area contributed by atoms with Crippen molar-refractivity contribution in [2.75, 3.05) is 12.3 Å². The Hall–Kier alpha value is -1.32. The fourth-order valence-corrected chi connectivity index (χ4v) is 2.21. The first-order chi connectivity index (χ1) is 8.75. The van der Waals surface area contributed by atoms with Gasteiger partial charge in [-0.05, 0) is 35.7 Å². The van der Waals surface area contributed by atoms with Crippen LogP contribution in [0.4, 0.5) is 5.69 Å². The molecule has 0 saturated heterocycles. The summed E-state index contributed by atoms with van der Waals surface area (Å²) in [7, 11) is 0. The molecule has 2 nitrogen and oxygen atoms in total. The van der Waals surface area contributed by atoms with Crippen molar-refractivity contribution in [2.24, 2.45) is 0 Å². The van der Waals surface area contributed by atoms with Gasteiger partial charge < -0.3 is 10.5 Å². The molecule has 0 aliphatic carbocycles. The molecule has 0 atom stereocenters. The Morgan fingerprint density at radius 1 is 1.06 bits per heavy atom. The van der Waals surface area contributed by atoms with E-state index >= 15 is 0 Å². The average Bonchev–Trinajstić information content (AvgIpc) is 2.37. The molecule has 0 aromatic heterocycles. The van der Waals surface area contributed by atoms with Gasteiger partial charge in [0.05, 0.1) is 13.2 Å². The monoisotopic (exact) mass is 305 g/mol. The van der Waals surface area contributed by atoms with Crippen molar-refractivity contribution in [3.63, 3.8) is 0 Å². The lowest BCUT2D eigenvalue weighted by molar-refractivity contribution is 0.124. The van der Waals surface area contributed by atoms with Crippen molar-refractivity contribution >= 4 is 21.6 Å². The standard InChI is InChI=1S/C15H16BrNO/c16-14-6-3-4-12(10-14)11-18-9-8-13-5-1-2-7-15(13)17/h1-7,10H,8-9,11,17H2. The number of anilines is 1. The molecular formula is C15H16BrNO. The van der Waals surface area contributed by atoms with E-state index in [0.717, 1.165) is 22.1 Å². The van der Waals surface area contributed by atoms with E-state index in [2.05, 4.69) is 28.1 Å². The van der Waals surface area contributed by atoms with Gasteiger partial charge >= 0.3 is 0 Å². The summed E-state index contributed by atoms with van der Waals surface area (Å²) in [5, 5.41) is 0. The van der Waals surface area contributed by atoms with Crippen LogP contribution in [-0.2, 0) is 17.8 Å². The molecule has 0 aliphatic heterocycles. The Kier molecular flexibility index (Phi) is 4.79. The van der Waals surface area contributed by atoms with E-state index in [9.17, 15) is 0 Å². The number of benzene rings is 2. The molecule has 0 spiro atoms. The Morgan fingerprint density at radius 2 is 1.89 bits per heavy atom. The molecule has 2 N–H and O–H groups in total. The highest BCUT2D eigenvalue weighted by atomic mass is 79.9. The zero-order chi connectivity index (χ0) is 12.8. The lowest BCUT2D eigenvalue weighted by atomic mass is 10.1. The third kappa shape index (κ3) is 3.86. The Morgan fingerprint density at radius 3 is 2.67 bits per heavy atom. The third-order valence-electron chi connectivity index (χ3n) is 2.73. The predicted octanol–water partition coefficient (Wildman–Crippen LogP) is 3.79. The van der Waals surface area contributed by atoms with Crippen molar-refractivity contribution in [1.29, 1.82) is 0 Å². The lowest BCUT2D eigenvalue weighted by Crippen LogP contribution is -2.01. The van der Waals surface area contributed by atoms with E-state index in [1.54, 1.807) is 0 Å². The molecule has 2 aromatic rings. The molecule has 0 radical (unpaired) electrons. The summed E-state index contributed by atoms with van der Waals surface area (Å²) in [5.41, 5.74) is 9.03. The van der Waals surface area contributed by atoms with Crippen molar-refractivity contribution in [1.82, 2.24) is 0 Å². The average molecular weight is 306 g/mol. The van der Waals surface area contributed by atoms with Gasteiger partial charge in [-0.3, -0.25) is 0 Å². The van der Waals surface area contributed by atoms with Crippen molar-refractivity contribution in [3.8, 4) is 0 Å². The van der Waals surface area contributed by atoms with Gasteiger partial charge in [-0.15, -0.1) is 0 Å². The highest BCUT2D eigenvalue weighted by Gasteiger charge is 1.98. The highest BCUT2D eigenvalue weighted by molar-refractivity contribution is 9.10. The van der Waals surface area contributed by atoms with Crippen molar-refractivity contribution in [2.45, 2.75) is 13.0 Å². The van der Waals surface area contributed by atoms with Gasteiger partial charge in [-0.25, -0.2) is 0 Å². The molecule has 94 valence electrons. The molecular weight excluding hydrogens is 290 g/mol. The summed E-state index contributed by atoms with van der Waals surface area (Å²) in [6.07, 6.45) is 0.848. The summed E-state index contributed by atoms with van der Waals surface area (Å²) in [4.78, 5) is 0. The number of halogens is 1. The third-order valence-corrected chi connectivity index (χ3v) is 3.22. The number of ether oxygens (including phenoxy) is 1. The van der Waals surface area contributed by atoms with Crippen LogP contribution < -0.4 is 5.73 Å². The number of rotatable bonds is 5. The summed E-state index contributed by atoms with van der Waals surface area (Å²) < 4.78 is 6.74. The van der Waals surface area contributed by atoms with Crippen LogP contribution in [0.3, 0.4) is 0 Å². The van der Waals surface area contributed by atoms with Gasteiger partial charge in [-0.1, -0.05) is 46.3 Å². The second-order valence-electron chi connectivity index (χ2n) is 4.13. The van der Waals surface area contributed by atoms with Crippen LogP contribution >= 0.6 is 15.9 Å². The van der Waals surface area contributed by atoms with E-state index in [0.29, 0.717) is 13.2 Å². The van der Waals surface area contributed by atoms with Crippen LogP contribution in [0, 0.1) is 0 Å². The molecule has 0 saturated carbocycles. The Bertz CT molecular complexity index is 513. The van der Waals surface area contributed by atoms with Crippen LogP contribution in [0.15, 0.2) is 53.0 Å². The first-order valence-electron chi connectivity index (χ1n) is 5.91. The highest BCUT2D eigenvalue weighted by Crippen LogP contribution is 2.14. The van der Waals surface area contributed by atoms with Crippen LogP contribution in [0.1, 0.15) is 11.1 Å². The minimum Gasteiger partial charge on any atom is -0.399 e. The SMILES string of the molecule is Nc1ccccc1CCOCc1cccc(Br)c1. The zero-order valence-electron chi connectivity index (χ0n) is 10.1. The van der Waals surface area contributed by atoms with Gasteiger partial charge in [0, 0.05) is 10.2 Å². The van der Waals surface area contributed by atoms with Crippen LogP contribution in [0.5, 0.6) is 0 Å². The molecule has 2 rings (SSSR count). The summed E-state index contributed by atoms with van der Waals surface area (Å²) in [6.45, 7) is 1.31. The molecule has 0 amide bonds. The molecule has 0 unspecified atom stereocenters. The molecule has 2 aromatic carbocycles. The summed E-state index contributed by atoms with van der Waals surface area (Å²) in [5.74, 6) is 0. The van der Waals surface area contributed by atoms with Gasteiger partial charge in [0.15, 0.2) is 0 Å². The van der Waals surface area contributed by atoms with Crippen LogP contribution in [0.2, 0.25) is 0 Å². The maximum Gasteiger partial charge on any atom is 0.0717 e. The normalized spacial score (nSPS) is 10.5. The van der Waals surface area contributed by atoms with Gasteiger partial charge in [0.25, 0.3) is 0 Å². The molecule has 0 heterocycles. The van der Waals surface area contributed by atoms with Crippen molar-refractivity contribution in [3.05, 3.63) is 64.1 Å². The van der Waals surface area contributed by atoms with Gasteiger partial charge in [-0.2, -0.15) is 0 Å². The van der Waals surface area contributed by atoms with E-state index in [4.69, 9.17) is 10.5 Å². The molecule has 0 aliphatic rings. The van der Waals surface area contributed by atoms with E-state index in [-0.39, 0.29) is 0 Å². The smallest absolute Gasteiger partial charge is 0.0717 e. The van der Waals surface area contributed by atoms with Crippen LogP contribution in [0.25, 0.3) is 0 Å². The quantitative estimate of drug-likeness (QED) is 0.674. The Labute approximate surface area is 116 Å². The first-order valence-corrected chi connectivity index (χ1v) is 6.70.